The summed E-state index contributed by atoms with van der Waals surface area (Å²) in [6, 6.07) is 5.31. The first kappa shape index (κ1) is 15.8. The molecule has 0 radical (unpaired) electrons. The van der Waals surface area contributed by atoms with E-state index < -0.39 is 0 Å². The van der Waals surface area contributed by atoms with Crippen LogP contribution in [0.1, 0.15) is 41.8 Å². The van der Waals surface area contributed by atoms with E-state index in [9.17, 15) is 4.79 Å². The molecule has 21 heavy (non-hydrogen) atoms. The van der Waals surface area contributed by atoms with Crippen LogP contribution in [-0.4, -0.2) is 27.6 Å². The van der Waals surface area contributed by atoms with Gasteiger partial charge in [0.05, 0.1) is 0 Å². The van der Waals surface area contributed by atoms with Crippen molar-refractivity contribution in [2.45, 2.75) is 26.2 Å². The third kappa shape index (κ3) is 4.19. The smallest absolute Gasteiger partial charge is 0.290 e. The van der Waals surface area contributed by atoms with Gasteiger partial charge in [0.1, 0.15) is 5.82 Å². The number of carbonyl (C=O) groups is 1. The summed E-state index contributed by atoms with van der Waals surface area (Å²) in [6.45, 7) is 4.40. The van der Waals surface area contributed by atoms with Crippen molar-refractivity contribution in [1.29, 1.82) is 0 Å². The molecule has 1 aromatic carbocycles. The number of aromatic nitrogens is 3. The Morgan fingerprint density at radius 2 is 2.14 bits per heavy atom. The highest BCUT2D eigenvalue weighted by atomic mass is 35.5. The second-order valence-corrected chi connectivity index (χ2v) is 5.78. The van der Waals surface area contributed by atoms with Gasteiger partial charge in [0.15, 0.2) is 0 Å². The summed E-state index contributed by atoms with van der Waals surface area (Å²) < 4.78 is 0. The molecule has 2 rings (SSSR count). The van der Waals surface area contributed by atoms with E-state index in [0.717, 1.165) is 5.56 Å². The number of H-pyrrole nitrogens is 1. The topological polar surface area (TPSA) is 70.7 Å². The molecule has 0 aliphatic rings. The standard InChI is InChI=1S/C14H16Cl2N4O/c1-8(2)12-18-13(20-19-12)14(21)17-6-5-9-3-4-10(15)7-11(9)16/h3-4,7-8H,5-6H2,1-2H3,(H,17,21)(H,18,19,20). The summed E-state index contributed by atoms with van der Waals surface area (Å²) in [5, 5.41) is 10.6. The molecule has 2 N–H and O–H groups in total. The molecule has 5 nitrogen and oxygen atoms in total. The number of benzene rings is 1. The molecular weight excluding hydrogens is 311 g/mol. The lowest BCUT2D eigenvalue weighted by Crippen LogP contribution is -2.26. The fourth-order valence-corrected chi connectivity index (χ4v) is 2.25. The summed E-state index contributed by atoms with van der Waals surface area (Å²) in [6.07, 6.45) is 0.614. The quantitative estimate of drug-likeness (QED) is 0.886. The lowest BCUT2D eigenvalue weighted by Gasteiger charge is -2.05. The number of nitrogens with zero attached hydrogens (tertiary/aromatic N) is 2. The average Bonchev–Trinajstić information content (AvgIpc) is 2.91. The van der Waals surface area contributed by atoms with Crippen LogP contribution >= 0.6 is 23.2 Å². The highest BCUT2D eigenvalue weighted by molar-refractivity contribution is 6.35. The van der Waals surface area contributed by atoms with Crippen molar-refractivity contribution in [1.82, 2.24) is 20.5 Å². The number of amides is 1. The fourth-order valence-electron chi connectivity index (χ4n) is 1.75. The van der Waals surface area contributed by atoms with Gasteiger partial charge in [-0.1, -0.05) is 43.1 Å². The van der Waals surface area contributed by atoms with E-state index in [4.69, 9.17) is 23.2 Å². The number of rotatable bonds is 5. The van der Waals surface area contributed by atoms with E-state index in [1.54, 1.807) is 12.1 Å². The Hall–Kier alpha value is -1.59. The van der Waals surface area contributed by atoms with Crippen LogP contribution in [0.15, 0.2) is 18.2 Å². The van der Waals surface area contributed by atoms with Crippen molar-refractivity contribution in [3.05, 3.63) is 45.5 Å². The highest BCUT2D eigenvalue weighted by Crippen LogP contribution is 2.21. The molecule has 0 spiro atoms. The number of aromatic amines is 1. The minimum Gasteiger partial charge on any atom is -0.349 e. The molecular formula is C14H16Cl2N4O. The van der Waals surface area contributed by atoms with E-state index >= 15 is 0 Å². The maximum atomic E-state index is 11.9. The van der Waals surface area contributed by atoms with Crippen molar-refractivity contribution < 1.29 is 4.79 Å². The second-order valence-electron chi connectivity index (χ2n) is 4.94. The molecule has 1 aromatic heterocycles. The van der Waals surface area contributed by atoms with Gasteiger partial charge in [-0.05, 0) is 24.1 Å². The number of halogens is 2. The predicted molar refractivity (Wildman–Crippen MR) is 83.0 cm³/mol. The zero-order valence-electron chi connectivity index (χ0n) is 11.8. The number of hydrogen-bond donors (Lipinski definition) is 2. The van der Waals surface area contributed by atoms with E-state index in [0.29, 0.717) is 28.8 Å². The van der Waals surface area contributed by atoms with Gasteiger partial charge in [-0.3, -0.25) is 9.89 Å². The van der Waals surface area contributed by atoms with E-state index in [1.165, 1.54) is 0 Å². The van der Waals surface area contributed by atoms with Crippen LogP contribution in [0.2, 0.25) is 10.0 Å². The molecule has 0 unspecified atom stereocenters. The third-order valence-corrected chi connectivity index (χ3v) is 3.53. The molecule has 1 amide bonds. The lowest BCUT2D eigenvalue weighted by molar-refractivity contribution is 0.0944. The number of carbonyl (C=O) groups excluding carboxylic acids is 1. The van der Waals surface area contributed by atoms with Gasteiger partial charge in [0.25, 0.3) is 5.91 Å². The molecule has 0 saturated carbocycles. The van der Waals surface area contributed by atoms with Crippen LogP contribution in [0, 0.1) is 0 Å². The summed E-state index contributed by atoms with van der Waals surface area (Å²) in [5.74, 6) is 0.747. The maximum absolute atomic E-state index is 11.9. The molecule has 2 aromatic rings. The van der Waals surface area contributed by atoms with Gasteiger partial charge in [-0.2, -0.15) is 0 Å². The first-order valence-corrected chi connectivity index (χ1v) is 7.37. The molecule has 0 aliphatic carbocycles. The minimum atomic E-state index is -0.303. The number of nitrogens with one attached hydrogen (secondary N) is 2. The third-order valence-electron chi connectivity index (χ3n) is 2.95. The lowest BCUT2D eigenvalue weighted by atomic mass is 10.1. The van der Waals surface area contributed by atoms with Gasteiger partial charge in [-0.15, -0.1) is 5.10 Å². The van der Waals surface area contributed by atoms with Crippen LogP contribution < -0.4 is 5.32 Å². The molecule has 0 fully saturated rings. The van der Waals surface area contributed by atoms with Gasteiger partial charge in [0, 0.05) is 22.5 Å². The van der Waals surface area contributed by atoms with Crippen LogP contribution in [0.3, 0.4) is 0 Å². The van der Waals surface area contributed by atoms with Gasteiger partial charge >= 0.3 is 0 Å². The SMILES string of the molecule is CC(C)c1nc(C(=O)NCCc2ccc(Cl)cc2Cl)n[nH]1. The summed E-state index contributed by atoms with van der Waals surface area (Å²) in [4.78, 5) is 16.0. The second kappa shape index (κ2) is 6.91. The Labute approximate surface area is 133 Å². The van der Waals surface area contributed by atoms with Gasteiger partial charge in [-0.25, -0.2) is 4.98 Å². The first-order chi connectivity index (χ1) is 9.97. The van der Waals surface area contributed by atoms with Crippen molar-refractivity contribution in [3.8, 4) is 0 Å². The molecule has 7 heteroatoms. The Morgan fingerprint density at radius 1 is 1.38 bits per heavy atom. The average molecular weight is 327 g/mol. The van der Waals surface area contributed by atoms with Crippen molar-refractivity contribution >= 4 is 29.1 Å². The first-order valence-electron chi connectivity index (χ1n) is 6.62. The normalized spacial score (nSPS) is 10.9. The van der Waals surface area contributed by atoms with Gasteiger partial charge in [0.2, 0.25) is 5.82 Å². The summed E-state index contributed by atoms with van der Waals surface area (Å²) >= 11 is 11.9. The Kier molecular flexibility index (Phi) is 5.20. The zero-order valence-corrected chi connectivity index (χ0v) is 13.3. The zero-order chi connectivity index (χ0) is 15.4. The Bertz CT molecular complexity index is 640. The minimum absolute atomic E-state index is 0.154. The van der Waals surface area contributed by atoms with Crippen LogP contribution in [0.5, 0.6) is 0 Å². The van der Waals surface area contributed by atoms with Gasteiger partial charge < -0.3 is 5.32 Å². The van der Waals surface area contributed by atoms with Crippen molar-refractivity contribution in [2.75, 3.05) is 6.54 Å². The molecule has 0 atom stereocenters. The van der Waals surface area contributed by atoms with Crippen LogP contribution in [0.25, 0.3) is 0 Å². The monoisotopic (exact) mass is 326 g/mol. The predicted octanol–water partition coefficient (Wildman–Crippen LogP) is 3.21. The molecule has 112 valence electrons. The highest BCUT2D eigenvalue weighted by Gasteiger charge is 2.13. The Balaban J connectivity index is 1.89. The summed E-state index contributed by atoms with van der Waals surface area (Å²) in [7, 11) is 0. The molecule has 0 bridgehead atoms. The maximum Gasteiger partial charge on any atom is 0.290 e. The van der Waals surface area contributed by atoms with E-state index in [-0.39, 0.29) is 17.6 Å². The number of hydrogen-bond acceptors (Lipinski definition) is 3. The largest absolute Gasteiger partial charge is 0.349 e. The fraction of sp³-hybridized carbons (Fsp3) is 0.357. The summed E-state index contributed by atoms with van der Waals surface area (Å²) in [5.41, 5.74) is 0.930. The van der Waals surface area contributed by atoms with E-state index in [1.807, 2.05) is 19.9 Å². The van der Waals surface area contributed by atoms with E-state index in [2.05, 4.69) is 20.5 Å². The van der Waals surface area contributed by atoms with Crippen LogP contribution in [-0.2, 0) is 6.42 Å². The Morgan fingerprint density at radius 3 is 2.76 bits per heavy atom. The van der Waals surface area contributed by atoms with Crippen LogP contribution in [0.4, 0.5) is 0 Å². The van der Waals surface area contributed by atoms with Crippen molar-refractivity contribution in [2.24, 2.45) is 0 Å². The molecule has 0 aliphatic heterocycles. The molecule has 1 heterocycles. The molecule has 0 saturated heterocycles. The van der Waals surface area contributed by atoms with Crippen molar-refractivity contribution in [3.63, 3.8) is 0 Å².